The lowest BCUT2D eigenvalue weighted by Gasteiger charge is -2.22. The maximum Gasteiger partial charge on any atom is 0.310 e. The van der Waals surface area contributed by atoms with Gasteiger partial charge in [-0.05, 0) is 43.0 Å². The molecule has 1 saturated heterocycles. The maximum absolute atomic E-state index is 12.4. The summed E-state index contributed by atoms with van der Waals surface area (Å²) < 4.78 is 11.4. The van der Waals surface area contributed by atoms with E-state index in [0.29, 0.717) is 5.69 Å². The number of carbonyl (C=O) groups excluding carboxylic acids is 3. The number of hydrogen-bond acceptors (Lipinski definition) is 5. The highest BCUT2D eigenvalue weighted by Gasteiger charge is 2.64. The van der Waals surface area contributed by atoms with Crippen LogP contribution in [0.1, 0.15) is 12.8 Å². The lowest BCUT2D eigenvalue weighted by atomic mass is 9.80. The third-order valence-corrected chi connectivity index (χ3v) is 5.76. The minimum absolute atomic E-state index is 0.0164. The van der Waals surface area contributed by atoms with Crippen LogP contribution in [0.2, 0.25) is 0 Å². The first-order valence-electron chi connectivity index (χ1n) is 7.95. The van der Waals surface area contributed by atoms with Crippen LogP contribution >= 0.6 is 15.9 Å². The van der Waals surface area contributed by atoms with E-state index >= 15 is 0 Å². The Kier molecular flexibility index (Phi) is 3.83. The highest BCUT2D eigenvalue weighted by molar-refractivity contribution is 9.10. The molecule has 7 heteroatoms. The van der Waals surface area contributed by atoms with E-state index in [1.807, 2.05) is 0 Å². The van der Waals surface area contributed by atoms with Gasteiger partial charge in [-0.15, -0.1) is 0 Å². The van der Waals surface area contributed by atoms with Crippen molar-refractivity contribution in [3.63, 3.8) is 0 Å². The minimum Gasteiger partial charge on any atom is -0.462 e. The predicted molar refractivity (Wildman–Crippen MR) is 86.8 cm³/mol. The van der Waals surface area contributed by atoms with Crippen LogP contribution in [0.25, 0.3) is 0 Å². The van der Waals surface area contributed by atoms with Gasteiger partial charge in [0.25, 0.3) is 5.91 Å². The summed E-state index contributed by atoms with van der Waals surface area (Å²) in [7, 11) is 0. The quantitative estimate of drug-likeness (QED) is 0.792. The smallest absolute Gasteiger partial charge is 0.310 e. The van der Waals surface area contributed by atoms with Gasteiger partial charge in [0.05, 0.1) is 11.8 Å². The molecule has 3 aliphatic rings. The van der Waals surface area contributed by atoms with Crippen molar-refractivity contribution < 1.29 is 23.9 Å². The number of hydrogen-bond donors (Lipinski definition) is 1. The fourth-order valence-corrected chi connectivity index (χ4v) is 4.55. The number of esters is 2. The van der Waals surface area contributed by atoms with Gasteiger partial charge >= 0.3 is 11.9 Å². The Morgan fingerprint density at radius 2 is 2.00 bits per heavy atom. The van der Waals surface area contributed by atoms with Crippen LogP contribution in [0.3, 0.4) is 0 Å². The normalized spacial score (nSPS) is 32.5. The summed E-state index contributed by atoms with van der Waals surface area (Å²) >= 11 is 3.32. The van der Waals surface area contributed by atoms with Crippen LogP contribution in [0.5, 0.6) is 0 Å². The van der Waals surface area contributed by atoms with Gasteiger partial charge in [-0.3, -0.25) is 14.4 Å². The molecule has 6 nitrogen and oxygen atoms in total. The number of fused-ring (bicyclic) bond motifs is 1. The second-order valence-electron chi connectivity index (χ2n) is 6.59. The molecule has 1 aliphatic heterocycles. The SMILES string of the molecule is O=C(COC(=O)[C@@H]1[C@@H]2C[C@H]3[C@@H]1C(=O)O[C@@H]3C2)Nc1ccc(Br)cc1. The fourth-order valence-electron chi connectivity index (χ4n) is 4.29. The van der Waals surface area contributed by atoms with Gasteiger partial charge in [0.15, 0.2) is 6.61 Å². The zero-order valence-corrected chi connectivity index (χ0v) is 14.3. The monoisotopic (exact) mass is 393 g/mol. The molecule has 2 bridgehead atoms. The summed E-state index contributed by atoms with van der Waals surface area (Å²) in [6.07, 6.45) is 1.56. The molecule has 2 saturated carbocycles. The van der Waals surface area contributed by atoms with E-state index < -0.39 is 17.8 Å². The van der Waals surface area contributed by atoms with Gasteiger partial charge in [0, 0.05) is 16.1 Å². The Bertz CT molecular complexity index is 701. The van der Waals surface area contributed by atoms with Gasteiger partial charge in [0.1, 0.15) is 6.10 Å². The molecular formula is C17H16BrNO5. The highest BCUT2D eigenvalue weighted by atomic mass is 79.9. The zero-order valence-electron chi connectivity index (χ0n) is 12.7. The molecule has 0 spiro atoms. The van der Waals surface area contributed by atoms with Crippen LogP contribution in [0.4, 0.5) is 5.69 Å². The Morgan fingerprint density at radius 3 is 2.75 bits per heavy atom. The zero-order chi connectivity index (χ0) is 16.8. The van der Waals surface area contributed by atoms with Crippen LogP contribution < -0.4 is 5.32 Å². The van der Waals surface area contributed by atoms with Crippen molar-refractivity contribution >= 4 is 39.5 Å². The third kappa shape index (κ3) is 2.60. The molecule has 126 valence electrons. The number of halogens is 1. The molecule has 5 atom stereocenters. The third-order valence-electron chi connectivity index (χ3n) is 5.23. The van der Waals surface area contributed by atoms with Crippen molar-refractivity contribution in [3.8, 4) is 0 Å². The number of nitrogens with one attached hydrogen (secondary N) is 1. The van der Waals surface area contributed by atoms with Gasteiger partial charge < -0.3 is 14.8 Å². The van der Waals surface area contributed by atoms with Crippen LogP contribution in [0.15, 0.2) is 28.7 Å². The summed E-state index contributed by atoms with van der Waals surface area (Å²) in [5.74, 6) is -1.70. The van der Waals surface area contributed by atoms with E-state index in [9.17, 15) is 14.4 Å². The average Bonchev–Trinajstić information content (AvgIpc) is 3.16. The van der Waals surface area contributed by atoms with Gasteiger partial charge in [-0.2, -0.15) is 0 Å². The van der Waals surface area contributed by atoms with Crippen molar-refractivity contribution in [1.29, 1.82) is 0 Å². The Morgan fingerprint density at radius 1 is 1.25 bits per heavy atom. The topological polar surface area (TPSA) is 81.7 Å². The van der Waals surface area contributed by atoms with Crippen LogP contribution in [-0.4, -0.2) is 30.6 Å². The molecule has 0 unspecified atom stereocenters. The molecule has 4 rings (SSSR count). The van der Waals surface area contributed by atoms with E-state index in [4.69, 9.17) is 9.47 Å². The first-order valence-corrected chi connectivity index (χ1v) is 8.75. The molecule has 2 aliphatic carbocycles. The minimum atomic E-state index is -0.462. The number of carbonyl (C=O) groups is 3. The summed E-state index contributed by atoms with van der Waals surface area (Å²) in [6, 6.07) is 7.10. The van der Waals surface area contributed by atoms with Crippen molar-refractivity contribution in [1.82, 2.24) is 0 Å². The summed E-state index contributed by atoms with van der Waals surface area (Å²) in [4.78, 5) is 36.2. The lowest BCUT2D eigenvalue weighted by molar-refractivity contribution is -0.157. The van der Waals surface area contributed by atoms with Gasteiger partial charge in [0.2, 0.25) is 0 Å². The fraction of sp³-hybridized carbons (Fsp3) is 0.471. The molecule has 24 heavy (non-hydrogen) atoms. The Labute approximate surface area is 147 Å². The average molecular weight is 394 g/mol. The van der Waals surface area contributed by atoms with Crippen molar-refractivity contribution in [2.24, 2.45) is 23.7 Å². The highest BCUT2D eigenvalue weighted by Crippen LogP contribution is 2.57. The molecule has 0 aromatic heterocycles. The maximum atomic E-state index is 12.4. The van der Waals surface area contributed by atoms with Crippen LogP contribution in [-0.2, 0) is 23.9 Å². The number of rotatable bonds is 4. The number of amides is 1. The lowest BCUT2D eigenvalue weighted by Crippen LogP contribution is -2.34. The summed E-state index contributed by atoms with van der Waals surface area (Å²) in [5.41, 5.74) is 0.626. The van der Waals surface area contributed by atoms with Crippen molar-refractivity contribution in [3.05, 3.63) is 28.7 Å². The molecule has 3 fully saturated rings. The van der Waals surface area contributed by atoms with Crippen LogP contribution in [0, 0.1) is 23.7 Å². The van der Waals surface area contributed by atoms with E-state index in [1.54, 1.807) is 24.3 Å². The molecule has 1 heterocycles. The largest absolute Gasteiger partial charge is 0.462 e. The standard InChI is InChI=1S/C17H16BrNO5/c18-9-1-3-10(4-2-9)19-13(20)7-23-16(21)14-8-5-11-12(6-8)24-17(22)15(11)14/h1-4,8,11-12,14-15H,5-7H2,(H,19,20)/t8-,11-,12-,14-,15+/m1/s1. The van der Waals surface area contributed by atoms with E-state index in [1.165, 1.54) is 0 Å². The van der Waals surface area contributed by atoms with Crippen molar-refractivity contribution in [2.75, 3.05) is 11.9 Å². The van der Waals surface area contributed by atoms with Gasteiger partial charge in [-0.25, -0.2) is 0 Å². The summed E-state index contributed by atoms with van der Waals surface area (Å²) in [5, 5.41) is 2.66. The number of benzene rings is 1. The second kappa shape index (κ2) is 5.88. The first kappa shape index (κ1) is 15.6. The molecule has 1 amide bonds. The predicted octanol–water partition coefficient (Wildman–Crippen LogP) is 2.13. The van der Waals surface area contributed by atoms with Crippen molar-refractivity contribution in [2.45, 2.75) is 18.9 Å². The van der Waals surface area contributed by atoms with Gasteiger partial charge in [-0.1, -0.05) is 15.9 Å². The second-order valence-corrected chi connectivity index (χ2v) is 7.50. The first-order chi connectivity index (χ1) is 11.5. The Balaban J connectivity index is 1.33. The number of ether oxygens (including phenoxy) is 2. The van der Waals surface area contributed by atoms with E-state index in [0.717, 1.165) is 17.3 Å². The molecular weight excluding hydrogens is 378 g/mol. The Hall–Kier alpha value is -1.89. The van der Waals surface area contributed by atoms with E-state index in [2.05, 4.69) is 21.2 Å². The molecule has 0 radical (unpaired) electrons. The van der Waals surface area contributed by atoms with E-state index in [-0.39, 0.29) is 36.4 Å². The molecule has 1 N–H and O–H groups in total. The number of anilines is 1. The molecule has 1 aromatic carbocycles. The summed E-state index contributed by atoms with van der Waals surface area (Å²) in [6.45, 7) is -0.353. The molecule has 1 aromatic rings.